The highest BCUT2D eigenvalue weighted by Crippen LogP contribution is 2.34. The Kier molecular flexibility index (Phi) is 7.76. The Morgan fingerprint density at radius 1 is 0.977 bits per heavy atom. The summed E-state index contributed by atoms with van der Waals surface area (Å²) in [5.74, 6) is -2.02. The maximum Gasteiger partial charge on any atom is 0.254 e. The lowest BCUT2D eigenvalue weighted by atomic mass is 9.94. The van der Waals surface area contributed by atoms with E-state index in [-0.39, 0.29) is 18.0 Å². The number of halogens is 4. The van der Waals surface area contributed by atoms with E-state index in [2.05, 4.69) is 25.6 Å². The predicted octanol–water partition coefficient (Wildman–Crippen LogP) is 6.29. The molecule has 1 aliphatic rings. The average molecular weight is 622 g/mol. The zero-order valence-electron chi connectivity index (χ0n) is 22.6. The molecule has 0 spiro atoms. The van der Waals surface area contributed by atoms with Gasteiger partial charge in [0, 0.05) is 34.1 Å². The number of pyridine rings is 1. The third-order valence-corrected chi connectivity index (χ3v) is 7.87. The standard InChI is InChI=1S/C30H23Cl2F2N7O2/c1-16-22(34)4-7-27(25-10-17(8-9-35-25)20-12-19(33)3-5-23(20)37-30(16)43)40-15-36-24(13-29(40)42)21-11-18(31)2-6-26(21)41-14-28(32)38-39-41/h2-3,5-6,8-16,22,27H,4,7H2,1H3,(H,37,43)/t16-,22?,27+/m1/s1. The lowest BCUT2D eigenvalue weighted by molar-refractivity contribution is -0.121. The second-order valence-electron chi connectivity index (χ2n) is 10.2. The molecule has 1 aliphatic heterocycles. The minimum Gasteiger partial charge on any atom is -0.325 e. The molecular formula is C30H23Cl2F2N7O2. The number of anilines is 1. The van der Waals surface area contributed by atoms with Crippen LogP contribution in [0.3, 0.4) is 0 Å². The van der Waals surface area contributed by atoms with Gasteiger partial charge in [-0.2, -0.15) is 0 Å². The van der Waals surface area contributed by atoms with Crippen molar-refractivity contribution >= 4 is 34.8 Å². The molecule has 9 nitrogen and oxygen atoms in total. The highest BCUT2D eigenvalue weighted by atomic mass is 35.5. The fourth-order valence-corrected chi connectivity index (χ4v) is 5.43. The smallest absolute Gasteiger partial charge is 0.254 e. The molecule has 0 fully saturated rings. The van der Waals surface area contributed by atoms with Gasteiger partial charge in [0.2, 0.25) is 5.91 Å². The quantitative estimate of drug-likeness (QED) is 0.253. The van der Waals surface area contributed by atoms with Crippen molar-refractivity contribution in [3.05, 3.63) is 105 Å². The molecule has 0 radical (unpaired) electrons. The summed E-state index contributed by atoms with van der Waals surface area (Å²) >= 11 is 12.2. The summed E-state index contributed by atoms with van der Waals surface area (Å²) in [4.78, 5) is 35.6. The van der Waals surface area contributed by atoms with Gasteiger partial charge < -0.3 is 5.32 Å². The number of hydrogen-bond acceptors (Lipinski definition) is 6. The second-order valence-corrected chi connectivity index (χ2v) is 11.0. The minimum absolute atomic E-state index is 0.0267. The molecule has 4 heterocycles. The van der Waals surface area contributed by atoms with Crippen molar-refractivity contribution in [3.8, 4) is 28.1 Å². The lowest BCUT2D eigenvalue weighted by Gasteiger charge is -2.24. The molecule has 5 aromatic rings. The fourth-order valence-electron chi connectivity index (χ4n) is 5.14. The number of rotatable bonds is 3. The van der Waals surface area contributed by atoms with Gasteiger partial charge in [-0.25, -0.2) is 18.4 Å². The van der Waals surface area contributed by atoms with Gasteiger partial charge in [0.05, 0.1) is 41.6 Å². The van der Waals surface area contributed by atoms with Crippen LogP contribution in [0, 0.1) is 11.7 Å². The van der Waals surface area contributed by atoms with Gasteiger partial charge in [-0.3, -0.25) is 19.1 Å². The molecular weight excluding hydrogens is 599 g/mol. The number of hydrogen-bond donors (Lipinski definition) is 1. The third kappa shape index (κ3) is 5.78. The van der Waals surface area contributed by atoms with E-state index in [4.69, 9.17) is 23.2 Å². The summed E-state index contributed by atoms with van der Waals surface area (Å²) in [7, 11) is 0. The van der Waals surface area contributed by atoms with E-state index in [0.29, 0.717) is 44.5 Å². The minimum atomic E-state index is -1.51. The van der Waals surface area contributed by atoms with Gasteiger partial charge in [0.1, 0.15) is 12.0 Å². The topological polar surface area (TPSA) is 108 Å². The molecule has 2 aromatic carbocycles. The van der Waals surface area contributed by atoms with Gasteiger partial charge in [0.25, 0.3) is 5.56 Å². The number of carbonyl (C=O) groups is 1. The third-order valence-electron chi connectivity index (χ3n) is 7.46. The van der Waals surface area contributed by atoms with Crippen LogP contribution in [0.1, 0.15) is 31.5 Å². The normalized spacial score (nSPS) is 18.7. The number of amides is 1. The first-order chi connectivity index (χ1) is 20.7. The average Bonchev–Trinajstić information content (AvgIpc) is 3.43. The summed E-state index contributed by atoms with van der Waals surface area (Å²) in [6.07, 6.45) is 3.02. The Hall–Kier alpha value is -4.48. The lowest BCUT2D eigenvalue weighted by Crippen LogP contribution is -2.31. The molecule has 1 amide bonds. The van der Waals surface area contributed by atoms with E-state index in [0.717, 1.165) is 0 Å². The van der Waals surface area contributed by atoms with Crippen LogP contribution in [0.2, 0.25) is 10.2 Å². The van der Waals surface area contributed by atoms with Gasteiger partial charge in [-0.1, -0.05) is 35.3 Å². The van der Waals surface area contributed by atoms with Gasteiger partial charge in [0.15, 0.2) is 5.15 Å². The zero-order chi connectivity index (χ0) is 30.2. The van der Waals surface area contributed by atoms with Crippen LogP contribution in [-0.2, 0) is 4.79 Å². The summed E-state index contributed by atoms with van der Waals surface area (Å²) in [6, 6.07) is 13.0. The maximum absolute atomic E-state index is 15.4. The van der Waals surface area contributed by atoms with Crippen molar-refractivity contribution in [3.63, 3.8) is 0 Å². The van der Waals surface area contributed by atoms with E-state index >= 15 is 4.39 Å². The van der Waals surface area contributed by atoms with Crippen molar-refractivity contribution in [1.29, 1.82) is 0 Å². The molecule has 43 heavy (non-hydrogen) atoms. The summed E-state index contributed by atoms with van der Waals surface area (Å²) in [6.45, 7) is 1.49. The zero-order valence-corrected chi connectivity index (χ0v) is 24.1. The summed E-state index contributed by atoms with van der Waals surface area (Å²) < 4.78 is 32.5. The molecule has 3 atom stereocenters. The Morgan fingerprint density at radius 2 is 1.81 bits per heavy atom. The Labute approximate surface area is 254 Å². The predicted molar refractivity (Wildman–Crippen MR) is 159 cm³/mol. The second kappa shape index (κ2) is 11.7. The maximum atomic E-state index is 15.4. The Bertz CT molecular complexity index is 1910. The van der Waals surface area contributed by atoms with Gasteiger partial charge in [-0.15, -0.1) is 5.10 Å². The SMILES string of the molecule is C[C@H]1C(=O)Nc2ccc(F)cc2-c2ccnc(c2)[C@@H](n2cnc(-c3cc(Cl)ccc3-n3cc(Cl)nn3)cc2=O)CCC1F. The van der Waals surface area contributed by atoms with Gasteiger partial charge >= 0.3 is 0 Å². The van der Waals surface area contributed by atoms with Crippen LogP contribution < -0.4 is 10.9 Å². The highest BCUT2D eigenvalue weighted by Gasteiger charge is 2.28. The molecule has 1 N–H and O–H groups in total. The number of alkyl halides is 1. The van der Waals surface area contributed by atoms with E-state index in [1.54, 1.807) is 30.3 Å². The van der Waals surface area contributed by atoms with Crippen LogP contribution in [0.25, 0.3) is 28.1 Å². The first kappa shape index (κ1) is 28.6. The van der Waals surface area contributed by atoms with E-state index < -0.39 is 35.4 Å². The largest absolute Gasteiger partial charge is 0.325 e. The van der Waals surface area contributed by atoms with E-state index in [9.17, 15) is 14.0 Å². The number of fused-ring (bicyclic) bond motifs is 4. The number of nitrogens with zero attached hydrogens (tertiary/aromatic N) is 6. The van der Waals surface area contributed by atoms with Crippen molar-refractivity contribution in [2.24, 2.45) is 5.92 Å². The Balaban J connectivity index is 1.46. The molecule has 2 bridgehead atoms. The number of aromatic nitrogens is 6. The first-order valence-corrected chi connectivity index (χ1v) is 14.1. The van der Waals surface area contributed by atoms with Crippen molar-refractivity contribution in [2.45, 2.75) is 32.0 Å². The number of benzene rings is 2. The number of carbonyl (C=O) groups excluding carboxylic acids is 1. The number of nitrogens with one attached hydrogen (secondary N) is 1. The van der Waals surface area contributed by atoms with Crippen molar-refractivity contribution in [1.82, 2.24) is 29.5 Å². The molecule has 218 valence electrons. The van der Waals surface area contributed by atoms with Crippen molar-refractivity contribution < 1.29 is 13.6 Å². The van der Waals surface area contributed by atoms with Gasteiger partial charge in [-0.05, 0) is 66.9 Å². The molecule has 1 unspecified atom stereocenters. The molecule has 3 aromatic heterocycles. The molecule has 0 saturated heterocycles. The molecule has 0 aliphatic carbocycles. The van der Waals surface area contributed by atoms with Crippen LogP contribution >= 0.6 is 23.2 Å². The summed E-state index contributed by atoms with van der Waals surface area (Å²) in [5, 5.41) is 11.1. The first-order valence-electron chi connectivity index (χ1n) is 13.3. The highest BCUT2D eigenvalue weighted by molar-refractivity contribution is 6.31. The van der Waals surface area contributed by atoms with Crippen LogP contribution in [0.5, 0.6) is 0 Å². The molecule has 6 rings (SSSR count). The molecule has 0 saturated carbocycles. The molecule has 13 heteroatoms. The van der Waals surface area contributed by atoms with Crippen LogP contribution in [0.15, 0.2) is 78.1 Å². The van der Waals surface area contributed by atoms with Crippen LogP contribution in [-0.4, -0.2) is 41.6 Å². The van der Waals surface area contributed by atoms with E-state index in [1.165, 1.54) is 59.2 Å². The van der Waals surface area contributed by atoms with Crippen LogP contribution in [0.4, 0.5) is 14.5 Å². The Morgan fingerprint density at radius 3 is 2.58 bits per heavy atom. The van der Waals surface area contributed by atoms with Crippen molar-refractivity contribution in [2.75, 3.05) is 5.32 Å². The van der Waals surface area contributed by atoms with E-state index in [1.807, 2.05) is 0 Å². The fraction of sp³-hybridized carbons (Fsp3) is 0.200. The monoisotopic (exact) mass is 621 g/mol. The summed E-state index contributed by atoms with van der Waals surface area (Å²) in [5.41, 5.74) is 2.73.